The number of hydrogen-bond donors (Lipinski definition) is 1. The van der Waals surface area contributed by atoms with Gasteiger partial charge in [0.05, 0.1) is 6.10 Å². The van der Waals surface area contributed by atoms with Crippen molar-refractivity contribution in [3.05, 3.63) is 12.2 Å². The molecule has 0 amide bonds. The summed E-state index contributed by atoms with van der Waals surface area (Å²) >= 11 is 0. The molecule has 0 saturated heterocycles. The Morgan fingerprint density at radius 2 is 2.17 bits per heavy atom. The Kier molecular flexibility index (Phi) is 3.76. The van der Waals surface area contributed by atoms with Crippen molar-refractivity contribution < 1.29 is 5.11 Å². The van der Waals surface area contributed by atoms with Gasteiger partial charge in [-0.05, 0) is 39.8 Å². The maximum absolute atomic E-state index is 9.52. The summed E-state index contributed by atoms with van der Waals surface area (Å²) in [4.78, 5) is 2.21. The molecule has 1 aliphatic rings. The van der Waals surface area contributed by atoms with E-state index in [4.69, 9.17) is 0 Å². The van der Waals surface area contributed by atoms with Gasteiger partial charge < -0.3 is 10.0 Å². The molecule has 0 aliphatic heterocycles. The number of hydrogen-bond acceptors (Lipinski definition) is 2. The van der Waals surface area contributed by atoms with Gasteiger partial charge in [0.1, 0.15) is 0 Å². The zero-order valence-corrected chi connectivity index (χ0v) is 8.03. The second-order valence-corrected chi connectivity index (χ2v) is 3.78. The van der Waals surface area contributed by atoms with Gasteiger partial charge in [-0.25, -0.2) is 0 Å². The molecular weight excluding hydrogens is 150 g/mol. The average molecular weight is 169 g/mol. The molecule has 0 bridgehead atoms. The van der Waals surface area contributed by atoms with Crippen molar-refractivity contribution in [3.8, 4) is 0 Å². The van der Waals surface area contributed by atoms with E-state index in [0.717, 1.165) is 12.8 Å². The minimum atomic E-state index is -0.238. The topological polar surface area (TPSA) is 23.5 Å². The zero-order chi connectivity index (χ0) is 8.97. The molecule has 1 aliphatic carbocycles. The van der Waals surface area contributed by atoms with E-state index >= 15 is 0 Å². The van der Waals surface area contributed by atoms with Gasteiger partial charge in [0.2, 0.25) is 0 Å². The summed E-state index contributed by atoms with van der Waals surface area (Å²) in [6.07, 6.45) is 8.22. The van der Waals surface area contributed by atoms with Gasteiger partial charge in [0.15, 0.2) is 0 Å². The van der Waals surface area contributed by atoms with E-state index < -0.39 is 0 Å². The van der Waals surface area contributed by atoms with Crippen LogP contribution in [0.2, 0.25) is 0 Å². The van der Waals surface area contributed by atoms with Crippen molar-refractivity contribution in [1.82, 2.24) is 4.90 Å². The summed E-state index contributed by atoms with van der Waals surface area (Å²) in [6.45, 7) is 0. The van der Waals surface area contributed by atoms with Crippen molar-refractivity contribution in [3.63, 3.8) is 0 Å². The molecule has 2 atom stereocenters. The molecule has 0 aromatic heterocycles. The highest BCUT2D eigenvalue weighted by atomic mass is 16.3. The quantitative estimate of drug-likeness (QED) is 0.600. The van der Waals surface area contributed by atoms with Crippen molar-refractivity contribution in [1.29, 1.82) is 0 Å². The van der Waals surface area contributed by atoms with E-state index in [1.54, 1.807) is 0 Å². The maximum Gasteiger partial charge on any atom is 0.0735 e. The zero-order valence-electron chi connectivity index (χ0n) is 8.03. The lowest BCUT2D eigenvalue weighted by Gasteiger charge is -2.26. The van der Waals surface area contributed by atoms with Crippen LogP contribution in [0.3, 0.4) is 0 Å². The number of aliphatic hydroxyl groups excluding tert-OH is 1. The minimum Gasteiger partial charge on any atom is -0.389 e. The molecule has 0 aromatic rings. The number of nitrogens with zero attached hydrogens (tertiary/aromatic N) is 1. The van der Waals surface area contributed by atoms with Gasteiger partial charge in [0.25, 0.3) is 0 Å². The van der Waals surface area contributed by atoms with Crippen LogP contribution in [0.25, 0.3) is 0 Å². The van der Waals surface area contributed by atoms with E-state index in [1.165, 1.54) is 12.8 Å². The van der Waals surface area contributed by atoms with Crippen LogP contribution < -0.4 is 0 Å². The van der Waals surface area contributed by atoms with Crippen molar-refractivity contribution in [2.75, 3.05) is 14.1 Å². The standard InChI is InChI=1S/C10H19NO/c1-11(2)9-6-4-3-5-7-10(12)8-9/h5,7,9-10,12H,3-4,6,8H2,1-2H3/b7-5-. The van der Waals surface area contributed by atoms with Crippen molar-refractivity contribution in [2.45, 2.75) is 37.8 Å². The Morgan fingerprint density at radius 1 is 1.42 bits per heavy atom. The molecule has 0 fully saturated rings. The molecule has 2 heteroatoms. The first kappa shape index (κ1) is 9.75. The van der Waals surface area contributed by atoms with Crippen LogP contribution in [0.1, 0.15) is 25.7 Å². The number of rotatable bonds is 1. The molecule has 1 rings (SSSR count). The summed E-state index contributed by atoms with van der Waals surface area (Å²) in [5.74, 6) is 0. The first-order chi connectivity index (χ1) is 5.70. The van der Waals surface area contributed by atoms with Crippen molar-refractivity contribution >= 4 is 0 Å². The van der Waals surface area contributed by atoms with Crippen LogP contribution in [0.15, 0.2) is 12.2 Å². The highest BCUT2D eigenvalue weighted by Gasteiger charge is 2.15. The molecule has 1 N–H and O–H groups in total. The van der Waals surface area contributed by atoms with Crippen LogP contribution in [0.5, 0.6) is 0 Å². The van der Waals surface area contributed by atoms with E-state index in [-0.39, 0.29) is 6.10 Å². The molecule has 0 radical (unpaired) electrons. The Morgan fingerprint density at radius 3 is 2.83 bits per heavy atom. The Labute approximate surface area is 74.9 Å². The normalized spacial score (nSPS) is 34.3. The lowest BCUT2D eigenvalue weighted by Crippen LogP contribution is -2.31. The van der Waals surface area contributed by atoms with E-state index in [1.807, 2.05) is 6.08 Å². The van der Waals surface area contributed by atoms with Crippen LogP contribution in [-0.4, -0.2) is 36.2 Å². The van der Waals surface area contributed by atoms with Crippen LogP contribution in [0.4, 0.5) is 0 Å². The first-order valence-electron chi connectivity index (χ1n) is 4.71. The summed E-state index contributed by atoms with van der Waals surface area (Å²) in [5.41, 5.74) is 0. The summed E-state index contributed by atoms with van der Waals surface area (Å²) in [7, 11) is 4.17. The molecular formula is C10H19NO. The smallest absolute Gasteiger partial charge is 0.0735 e. The van der Waals surface area contributed by atoms with Gasteiger partial charge in [-0.1, -0.05) is 12.2 Å². The molecule has 0 spiro atoms. The summed E-state index contributed by atoms with van der Waals surface area (Å²) in [6, 6.07) is 0.546. The lowest BCUT2D eigenvalue weighted by molar-refractivity contribution is 0.150. The molecule has 0 aromatic carbocycles. The predicted octanol–water partition coefficient (Wildman–Crippen LogP) is 1.41. The van der Waals surface area contributed by atoms with E-state index in [0.29, 0.717) is 6.04 Å². The third kappa shape index (κ3) is 2.95. The Bertz CT molecular complexity index is 154. The third-order valence-corrected chi connectivity index (χ3v) is 2.51. The molecule has 0 heterocycles. The average Bonchev–Trinajstić information content (AvgIpc) is 1.95. The predicted molar refractivity (Wildman–Crippen MR) is 51.1 cm³/mol. The molecule has 0 saturated carbocycles. The van der Waals surface area contributed by atoms with Gasteiger partial charge >= 0.3 is 0 Å². The Balaban J connectivity index is 2.48. The third-order valence-electron chi connectivity index (χ3n) is 2.51. The fraction of sp³-hybridized carbons (Fsp3) is 0.800. The number of allylic oxidation sites excluding steroid dienone is 1. The van der Waals surface area contributed by atoms with Gasteiger partial charge in [-0.3, -0.25) is 0 Å². The van der Waals surface area contributed by atoms with E-state index in [2.05, 4.69) is 25.1 Å². The van der Waals surface area contributed by atoms with E-state index in [9.17, 15) is 5.11 Å². The fourth-order valence-corrected chi connectivity index (χ4v) is 1.67. The van der Waals surface area contributed by atoms with Crippen LogP contribution in [-0.2, 0) is 0 Å². The SMILES string of the molecule is CN(C)C1CCC/C=C\C(O)C1. The van der Waals surface area contributed by atoms with Gasteiger partial charge in [-0.15, -0.1) is 0 Å². The minimum absolute atomic E-state index is 0.238. The molecule has 2 nitrogen and oxygen atoms in total. The molecule has 2 unspecified atom stereocenters. The van der Waals surface area contributed by atoms with Crippen molar-refractivity contribution in [2.24, 2.45) is 0 Å². The van der Waals surface area contributed by atoms with Gasteiger partial charge in [-0.2, -0.15) is 0 Å². The second kappa shape index (κ2) is 4.63. The first-order valence-corrected chi connectivity index (χ1v) is 4.71. The maximum atomic E-state index is 9.52. The van der Waals surface area contributed by atoms with Crippen LogP contribution >= 0.6 is 0 Å². The number of aliphatic hydroxyl groups is 1. The summed E-state index contributed by atoms with van der Waals surface area (Å²) < 4.78 is 0. The lowest BCUT2D eigenvalue weighted by atomic mass is 9.98. The van der Waals surface area contributed by atoms with Crippen LogP contribution in [0, 0.1) is 0 Å². The highest BCUT2D eigenvalue weighted by molar-refractivity contribution is 4.93. The monoisotopic (exact) mass is 169 g/mol. The second-order valence-electron chi connectivity index (χ2n) is 3.78. The fourth-order valence-electron chi connectivity index (χ4n) is 1.67. The molecule has 70 valence electrons. The summed E-state index contributed by atoms with van der Waals surface area (Å²) in [5, 5.41) is 9.52. The largest absolute Gasteiger partial charge is 0.389 e. The Hall–Kier alpha value is -0.340. The molecule has 12 heavy (non-hydrogen) atoms. The highest BCUT2D eigenvalue weighted by Crippen LogP contribution is 2.15. The van der Waals surface area contributed by atoms with Gasteiger partial charge in [0, 0.05) is 6.04 Å².